The minimum absolute atomic E-state index is 0.207. The number of aliphatic carboxylic acids is 1. The Bertz CT molecular complexity index is 1250. The van der Waals surface area contributed by atoms with E-state index in [0.717, 1.165) is 0 Å². The normalized spacial score (nSPS) is 13.1. The van der Waals surface area contributed by atoms with E-state index in [1.165, 1.54) is 4.90 Å². The highest BCUT2D eigenvalue weighted by molar-refractivity contribution is 6.07. The molecule has 0 saturated carbocycles. The average Bonchev–Trinajstić information content (AvgIpc) is 2.90. The number of para-hydroxylation sites is 2. The number of benzene rings is 3. The highest BCUT2D eigenvalue weighted by Crippen LogP contribution is 2.40. The maximum Gasteiger partial charge on any atom is 0.319 e. The van der Waals surface area contributed by atoms with Crippen LogP contribution in [-0.4, -0.2) is 35.0 Å². The number of carbonyl (C=O) groups is 4. The number of anilines is 2. The number of nitrogens with two attached hydrogens (primary N) is 1. The van der Waals surface area contributed by atoms with E-state index in [2.05, 4.69) is 10.6 Å². The summed E-state index contributed by atoms with van der Waals surface area (Å²) in [5.41, 5.74) is 5.80. The van der Waals surface area contributed by atoms with Crippen LogP contribution in [0.3, 0.4) is 0 Å². The number of rotatable bonds is 11. The van der Waals surface area contributed by atoms with Crippen molar-refractivity contribution in [3.05, 3.63) is 96.6 Å². The van der Waals surface area contributed by atoms with Crippen LogP contribution in [0.4, 0.5) is 16.2 Å². The summed E-state index contributed by atoms with van der Waals surface area (Å²) in [5.74, 6) is -3.06. The number of nitrogens with one attached hydrogen (secondary N) is 2. The minimum Gasteiger partial charge on any atom is -0.481 e. The monoisotopic (exact) mass is 516 g/mol. The van der Waals surface area contributed by atoms with Crippen LogP contribution in [0.1, 0.15) is 32.3 Å². The third-order valence-electron chi connectivity index (χ3n) is 6.29. The summed E-state index contributed by atoms with van der Waals surface area (Å²) in [4.78, 5) is 53.4. The fourth-order valence-electron chi connectivity index (χ4n) is 4.56. The van der Waals surface area contributed by atoms with Gasteiger partial charge in [0.15, 0.2) is 5.54 Å². The molecule has 1 unspecified atom stereocenters. The SMILES string of the molecule is CC(C)C(C(N)=O)(c1ccccc1)N(C(=O)[C@@H](CCC(=O)O)NC(=O)Nc1ccccc1)c1ccccc1. The summed E-state index contributed by atoms with van der Waals surface area (Å²) in [6.45, 7) is 3.56. The maximum atomic E-state index is 14.4. The Kier molecular flexibility index (Phi) is 9.21. The number of amides is 4. The first-order valence-electron chi connectivity index (χ1n) is 12.3. The standard InChI is InChI=1S/C29H32N4O5/c1-20(2)29(27(30)37,21-12-6-3-7-13-21)33(23-16-10-5-11-17-23)26(36)24(18-19-25(34)35)32-28(38)31-22-14-8-4-9-15-22/h3-17,20,24H,18-19H2,1-2H3,(H2,30,37)(H,34,35)(H2,31,32,38)/t24-,29?/m1/s1. The molecule has 9 nitrogen and oxygen atoms in total. The van der Waals surface area contributed by atoms with E-state index in [1.54, 1.807) is 105 Å². The predicted molar refractivity (Wildman–Crippen MR) is 145 cm³/mol. The van der Waals surface area contributed by atoms with Gasteiger partial charge in [0.25, 0.3) is 5.91 Å². The van der Waals surface area contributed by atoms with Crippen molar-refractivity contribution in [2.75, 3.05) is 10.2 Å². The van der Waals surface area contributed by atoms with Gasteiger partial charge in [-0.25, -0.2) is 4.79 Å². The summed E-state index contributed by atoms with van der Waals surface area (Å²) in [6, 6.07) is 23.9. The van der Waals surface area contributed by atoms with Crippen molar-refractivity contribution in [2.24, 2.45) is 11.7 Å². The van der Waals surface area contributed by atoms with E-state index in [0.29, 0.717) is 16.9 Å². The number of nitrogens with zero attached hydrogens (tertiary/aromatic N) is 1. The van der Waals surface area contributed by atoms with Crippen LogP contribution in [0.25, 0.3) is 0 Å². The van der Waals surface area contributed by atoms with Gasteiger partial charge < -0.3 is 21.5 Å². The lowest BCUT2D eigenvalue weighted by Crippen LogP contribution is -2.64. The topological polar surface area (TPSA) is 142 Å². The van der Waals surface area contributed by atoms with Crippen LogP contribution in [0.5, 0.6) is 0 Å². The van der Waals surface area contributed by atoms with Gasteiger partial charge in [-0.05, 0) is 42.2 Å². The molecule has 4 amide bonds. The molecule has 0 bridgehead atoms. The zero-order valence-electron chi connectivity index (χ0n) is 21.3. The van der Waals surface area contributed by atoms with Crippen LogP contribution in [0.15, 0.2) is 91.0 Å². The second-order valence-corrected chi connectivity index (χ2v) is 9.11. The van der Waals surface area contributed by atoms with Crippen LogP contribution in [-0.2, 0) is 19.9 Å². The zero-order valence-corrected chi connectivity index (χ0v) is 21.3. The number of carboxylic acids is 1. The number of urea groups is 1. The Morgan fingerprint density at radius 2 is 1.39 bits per heavy atom. The fraction of sp³-hybridized carbons (Fsp3) is 0.241. The van der Waals surface area contributed by atoms with E-state index in [9.17, 15) is 24.3 Å². The highest BCUT2D eigenvalue weighted by Gasteiger charge is 2.51. The molecular weight excluding hydrogens is 484 g/mol. The van der Waals surface area contributed by atoms with E-state index in [1.807, 2.05) is 0 Å². The van der Waals surface area contributed by atoms with Gasteiger partial charge >= 0.3 is 12.0 Å². The molecule has 0 fully saturated rings. The van der Waals surface area contributed by atoms with Crippen LogP contribution in [0.2, 0.25) is 0 Å². The lowest BCUT2D eigenvalue weighted by Gasteiger charge is -2.46. The van der Waals surface area contributed by atoms with Gasteiger partial charge in [-0.1, -0.05) is 80.6 Å². The molecule has 0 heterocycles. The maximum absolute atomic E-state index is 14.4. The average molecular weight is 517 g/mol. The summed E-state index contributed by atoms with van der Waals surface area (Å²) in [5, 5.41) is 14.6. The van der Waals surface area contributed by atoms with Gasteiger partial charge in [0, 0.05) is 17.8 Å². The van der Waals surface area contributed by atoms with Crippen molar-refractivity contribution in [3.8, 4) is 0 Å². The Morgan fingerprint density at radius 3 is 1.89 bits per heavy atom. The third kappa shape index (κ3) is 6.18. The molecule has 0 aromatic heterocycles. The lowest BCUT2D eigenvalue weighted by atomic mass is 9.76. The van der Waals surface area contributed by atoms with E-state index < -0.39 is 41.3 Å². The molecular formula is C29H32N4O5. The Morgan fingerprint density at radius 1 is 0.868 bits per heavy atom. The second kappa shape index (κ2) is 12.5. The van der Waals surface area contributed by atoms with Gasteiger partial charge in [0.2, 0.25) is 5.91 Å². The highest BCUT2D eigenvalue weighted by atomic mass is 16.4. The fourth-order valence-corrected chi connectivity index (χ4v) is 4.56. The summed E-state index contributed by atoms with van der Waals surface area (Å²) >= 11 is 0. The largest absolute Gasteiger partial charge is 0.481 e. The van der Waals surface area contributed by atoms with Gasteiger partial charge in [-0.15, -0.1) is 0 Å². The zero-order chi connectivity index (χ0) is 27.7. The summed E-state index contributed by atoms with van der Waals surface area (Å²) < 4.78 is 0. The van der Waals surface area contributed by atoms with E-state index in [-0.39, 0.29) is 12.8 Å². The Labute approximate surface area is 221 Å². The molecule has 0 aliphatic rings. The molecule has 0 saturated heterocycles. The minimum atomic E-state index is -1.64. The molecule has 3 aromatic rings. The number of hydrogen-bond acceptors (Lipinski definition) is 4. The van der Waals surface area contributed by atoms with E-state index >= 15 is 0 Å². The van der Waals surface area contributed by atoms with Gasteiger partial charge in [0.1, 0.15) is 6.04 Å². The van der Waals surface area contributed by atoms with Crippen molar-refractivity contribution in [2.45, 2.75) is 38.3 Å². The molecule has 38 heavy (non-hydrogen) atoms. The van der Waals surface area contributed by atoms with Gasteiger partial charge in [0.05, 0.1) is 0 Å². The molecule has 0 spiro atoms. The number of hydrogen-bond donors (Lipinski definition) is 4. The first-order chi connectivity index (χ1) is 18.2. The predicted octanol–water partition coefficient (Wildman–Crippen LogP) is 4.11. The quantitative estimate of drug-likeness (QED) is 0.303. The Balaban J connectivity index is 2.13. The smallest absolute Gasteiger partial charge is 0.319 e. The Hall–Kier alpha value is -4.66. The molecule has 3 aromatic carbocycles. The molecule has 0 aliphatic heterocycles. The second-order valence-electron chi connectivity index (χ2n) is 9.11. The number of carboxylic acid groups (broad SMARTS) is 1. The summed E-state index contributed by atoms with van der Waals surface area (Å²) in [6.07, 6.45) is -0.595. The first kappa shape index (κ1) is 27.9. The molecule has 3 rings (SSSR count). The van der Waals surface area contributed by atoms with Crippen molar-refractivity contribution < 1.29 is 24.3 Å². The molecule has 198 valence electrons. The van der Waals surface area contributed by atoms with Crippen LogP contribution >= 0.6 is 0 Å². The van der Waals surface area contributed by atoms with E-state index in [4.69, 9.17) is 5.73 Å². The van der Waals surface area contributed by atoms with Gasteiger partial charge in [-0.3, -0.25) is 19.3 Å². The van der Waals surface area contributed by atoms with Gasteiger partial charge in [-0.2, -0.15) is 0 Å². The lowest BCUT2D eigenvalue weighted by molar-refractivity contribution is -0.137. The molecule has 2 atom stereocenters. The first-order valence-corrected chi connectivity index (χ1v) is 12.3. The molecule has 0 radical (unpaired) electrons. The molecule has 5 N–H and O–H groups in total. The number of carbonyl (C=O) groups excluding carboxylic acids is 3. The van der Waals surface area contributed by atoms with Crippen molar-refractivity contribution >= 4 is 35.2 Å². The molecule has 9 heteroatoms. The van der Waals surface area contributed by atoms with Crippen molar-refractivity contribution in [1.29, 1.82) is 0 Å². The summed E-state index contributed by atoms with van der Waals surface area (Å²) in [7, 11) is 0. The van der Waals surface area contributed by atoms with Crippen LogP contribution in [0, 0.1) is 5.92 Å². The van der Waals surface area contributed by atoms with Crippen molar-refractivity contribution in [3.63, 3.8) is 0 Å². The number of primary amides is 1. The van der Waals surface area contributed by atoms with Crippen molar-refractivity contribution in [1.82, 2.24) is 5.32 Å². The van der Waals surface area contributed by atoms with Crippen LogP contribution < -0.4 is 21.3 Å². The molecule has 0 aliphatic carbocycles. The third-order valence-corrected chi connectivity index (χ3v) is 6.29.